The molecule has 0 spiro atoms. The number of pyridine rings is 1. The Morgan fingerprint density at radius 3 is 2.73 bits per heavy atom. The second-order valence-electron chi connectivity index (χ2n) is 10.2. The molecule has 196 valence electrons. The number of aryl methyl sites for hydroxylation is 1. The highest BCUT2D eigenvalue weighted by molar-refractivity contribution is 7.97. The lowest BCUT2D eigenvalue weighted by Gasteiger charge is -2.38. The second-order valence-corrected chi connectivity index (χ2v) is 11.5. The molecule has 1 N–H and O–H groups in total. The summed E-state index contributed by atoms with van der Waals surface area (Å²) in [5.41, 5.74) is 5.48. The van der Waals surface area contributed by atoms with Crippen LogP contribution in [0.4, 0.5) is 0 Å². The van der Waals surface area contributed by atoms with E-state index in [1.165, 1.54) is 16.0 Å². The molecule has 0 aliphatic carbocycles. The quantitative estimate of drug-likeness (QED) is 0.251. The SMILES string of the molecule is C=C(c1ccc2c(c1)C(NSc1cc(Cl)ccc1CC)CC(C)(C)O2)N(CCC)CCc1ccccn1. The predicted octanol–water partition coefficient (Wildman–Crippen LogP) is 8.12. The van der Waals surface area contributed by atoms with E-state index in [0.717, 1.165) is 66.5 Å². The summed E-state index contributed by atoms with van der Waals surface area (Å²) in [6.07, 6.45) is 5.64. The first-order chi connectivity index (χ1) is 17.8. The summed E-state index contributed by atoms with van der Waals surface area (Å²) in [6, 6.07) is 18.9. The van der Waals surface area contributed by atoms with Crippen LogP contribution in [0.15, 0.2) is 72.3 Å². The van der Waals surface area contributed by atoms with Crippen molar-refractivity contribution in [1.29, 1.82) is 0 Å². The third-order valence-corrected chi connectivity index (χ3v) is 8.00. The van der Waals surface area contributed by atoms with Crippen molar-refractivity contribution >= 4 is 29.2 Å². The number of hydrogen-bond donors (Lipinski definition) is 1. The smallest absolute Gasteiger partial charge is 0.124 e. The molecule has 37 heavy (non-hydrogen) atoms. The molecule has 3 aromatic rings. The maximum Gasteiger partial charge on any atom is 0.124 e. The zero-order valence-corrected chi connectivity index (χ0v) is 24.0. The van der Waals surface area contributed by atoms with Gasteiger partial charge in [0.15, 0.2) is 0 Å². The van der Waals surface area contributed by atoms with Crippen molar-refractivity contribution in [3.63, 3.8) is 0 Å². The summed E-state index contributed by atoms with van der Waals surface area (Å²) in [6.45, 7) is 15.0. The fraction of sp³-hybridized carbons (Fsp3) is 0.387. The summed E-state index contributed by atoms with van der Waals surface area (Å²) < 4.78 is 10.1. The van der Waals surface area contributed by atoms with Gasteiger partial charge in [0.1, 0.15) is 11.4 Å². The van der Waals surface area contributed by atoms with Gasteiger partial charge in [0.05, 0.1) is 0 Å². The van der Waals surface area contributed by atoms with Crippen LogP contribution in [-0.2, 0) is 12.8 Å². The van der Waals surface area contributed by atoms with E-state index in [9.17, 15) is 0 Å². The number of aromatic nitrogens is 1. The Bertz CT molecular complexity index is 1210. The summed E-state index contributed by atoms with van der Waals surface area (Å²) in [7, 11) is 0. The molecule has 0 radical (unpaired) electrons. The minimum atomic E-state index is -0.261. The first kappa shape index (κ1) is 27.6. The van der Waals surface area contributed by atoms with Gasteiger partial charge in [0, 0.05) is 65.0 Å². The zero-order chi connectivity index (χ0) is 26.4. The van der Waals surface area contributed by atoms with E-state index < -0.39 is 0 Å². The Morgan fingerprint density at radius 1 is 1.16 bits per heavy atom. The van der Waals surface area contributed by atoms with Crippen molar-refractivity contribution in [2.45, 2.75) is 69.9 Å². The molecule has 6 heteroatoms. The van der Waals surface area contributed by atoms with Crippen LogP contribution < -0.4 is 9.46 Å². The van der Waals surface area contributed by atoms with Gasteiger partial charge >= 0.3 is 0 Å². The standard InChI is InChI=1S/C31H38ClN3OS/c1-6-17-35(18-15-26-10-8-9-16-33-26)22(3)24-12-14-29-27(19-24)28(21-31(4,5)36-29)34-37-30-20-25(32)13-11-23(30)7-2/h8-14,16,19-20,28,34H,3,6-7,15,17-18,21H2,1-2,4-5H3. The molecule has 4 rings (SSSR count). The van der Waals surface area contributed by atoms with E-state index >= 15 is 0 Å². The molecule has 1 unspecified atom stereocenters. The molecule has 4 nitrogen and oxygen atoms in total. The van der Waals surface area contributed by atoms with Crippen molar-refractivity contribution in [2.24, 2.45) is 0 Å². The van der Waals surface area contributed by atoms with Crippen LogP contribution in [0.2, 0.25) is 5.02 Å². The van der Waals surface area contributed by atoms with Gasteiger partial charge in [0.2, 0.25) is 0 Å². The third-order valence-electron chi connectivity index (χ3n) is 6.76. The zero-order valence-electron chi connectivity index (χ0n) is 22.4. The van der Waals surface area contributed by atoms with Crippen LogP contribution in [0.3, 0.4) is 0 Å². The van der Waals surface area contributed by atoms with Crippen molar-refractivity contribution < 1.29 is 4.74 Å². The number of rotatable bonds is 11. The molecule has 1 aliphatic rings. The molecule has 2 heterocycles. The van der Waals surface area contributed by atoms with E-state index in [1.807, 2.05) is 30.5 Å². The summed E-state index contributed by atoms with van der Waals surface area (Å²) in [4.78, 5) is 8.04. The van der Waals surface area contributed by atoms with Crippen LogP contribution >= 0.6 is 23.5 Å². The molecule has 1 atom stereocenters. The van der Waals surface area contributed by atoms with Gasteiger partial charge in [-0.25, -0.2) is 0 Å². The fourth-order valence-electron chi connectivity index (χ4n) is 4.82. The van der Waals surface area contributed by atoms with E-state index in [0.29, 0.717) is 0 Å². The van der Waals surface area contributed by atoms with Crippen LogP contribution in [0.5, 0.6) is 5.75 Å². The van der Waals surface area contributed by atoms with Crippen LogP contribution in [0, 0.1) is 0 Å². The van der Waals surface area contributed by atoms with Crippen molar-refractivity contribution in [1.82, 2.24) is 14.6 Å². The number of hydrogen-bond acceptors (Lipinski definition) is 5. The highest BCUT2D eigenvalue weighted by Gasteiger charge is 2.34. The Labute approximate surface area is 231 Å². The van der Waals surface area contributed by atoms with Gasteiger partial charge in [-0.2, -0.15) is 0 Å². The van der Waals surface area contributed by atoms with Crippen molar-refractivity contribution in [2.75, 3.05) is 13.1 Å². The van der Waals surface area contributed by atoms with Gasteiger partial charge in [-0.3, -0.25) is 9.71 Å². The average Bonchev–Trinajstić information content (AvgIpc) is 2.89. The molecule has 0 bridgehead atoms. The molecule has 0 amide bonds. The Hall–Kier alpha value is -2.47. The average molecular weight is 536 g/mol. The van der Waals surface area contributed by atoms with E-state index in [-0.39, 0.29) is 11.6 Å². The molecule has 2 aromatic carbocycles. The Kier molecular flexibility index (Phi) is 9.22. The first-order valence-corrected chi connectivity index (χ1v) is 14.4. The molecule has 1 aliphatic heterocycles. The number of ether oxygens (including phenoxy) is 1. The molecule has 0 saturated carbocycles. The Morgan fingerprint density at radius 2 is 2.00 bits per heavy atom. The van der Waals surface area contributed by atoms with Crippen molar-refractivity contribution in [3.8, 4) is 5.75 Å². The first-order valence-electron chi connectivity index (χ1n) is 13.2. The highest BCUT2D eigenvalue weighted by Crippen LogP contribution is 2.42. The minimum Gasteiger partial charge on any atom is -0.487 e. The van der Waals surface area contributed by atoms with Crippen molar-refractivity contribution in [3.05, 3.63) is 94.8 Å². The molecule has 0 saturated heterocycles. The maximum absolute atomic E-state index is 6.39. The summed E-state index contributed by atoms with van der Waals surface area (Å²) >= 11 is 7.98. The fourth-order valence-corrected chi connectivity index (χ4v) is 6.06. The van der Waals surface area contributed by atoms with Gasteiger partial charge in [-0.1, -0.05) is 44.2 Å². The van der Waals surface area contributed by atoms with Crippen LogP contribution in [-0.4, -0.2) is 28.6 Å². The van der Waals surface area contributed by atoms with Gasteiger partial charge in [-0.15, -0.1) is 0 Å². The monoisotopic (exact) mass is 535 g/mol. The van der Waals surface area contributed by atoms with Gasteiger partial charge < -0.3 is 9.64 Å². The minimum absolute atomic E-state index is 0.133. The summed E-state index contributed by atoms with van der Waals surface area (Å²) in [5, 5.41) is 0.759. The largest absolute Gasteiger partial charge is 0.487 e. The van der Waals surface area contributed by atoms with Gasteiger partial charge in [-0.05, 0) is 92.2 Å². The lowest BCUT2D eigenvalue weighted by molar-refractivity contribution is 0.0706. The lowest BCUT2D eigenvalue weighted by atomic mass is 9.89. The van der Waals surface area contributed by atoms with E-state index in [2.05, 4.69) is 79.2 Å². The van der Waals surface area contributed by atoms with Gasteiger partial charge in [0.25, 0.3) is 0 Å². The van der Waals surface area contributed by atoms with Crippen LogP contribution in [0.1, 0.15) is 69.0 Å². The topological polar surface area (TPSA) is 37.4 Å². The number of nitrogens with one attached hydrogen (secondary N) is 1. The lowest BCUT2D eigenvalue weighted by Crippen LogP contribution is -2.38. The van der Waals surface area contributed by atoms with Crippen LogP contribution in [0.25, 0.3) is 5.70 Å². The summed E-state index contributed by atoms with van der Waals surface area (Å²) in [5.74, 6) is 0.934. The second kappa shape index (κ2) is 12.4. The molecule has 0 fully saturated rings. The number of benzene rings is 2. The third kappa shape index (κ3) is 7.10. The normalized spacial score (nSPS) is 16.1. The molecule has 1 aromatic heterocycles. The predicted molar refractivity (Wildman–Crippen MR) is 157 cm³/mol. The highest BCUT2D eigenvalue weighted by atomic mass is 35.5. The number of halogens is 1. The number of fused-ring (bicyclic) bond motifs is 1. The molecular formula is C31H38ClN3OS. The number of nitrogens with zero attached hydrogens (tertiary/aromatic N) is 2. The molecular weight excluding hydrogens is 498 g/mol. The van der Waals surface area contributed by atoms with E-state index in [4.69, 9.17) is 16.3 Å². The Balaban J connectivity index is 1.56. The van der Waals surface area contributed by atoms with E-state index in [1.54, 1.807) is 11.9 Å². The maximum atomic E-state index is 6.39.